The Morgan fingerprint density at radius 2 is 1.92 bits per heavy atom. The molecule has 11 heteroatoms. The van der Waals surface area contributed by atoms with Crippen LogP contribution in [0.1, 0.15) is 73.4 Å². The molecule has 5 rings (SSSR count). The first-order valence-corrected chi connectivity index (χ1v) is 13.2. The zero-order chi connectivity index (χ0) is 27.1. The van der Waals surface area contributed by atoms with Crippen LogP contribution in [-0.2, 0) is 11.2 Å². The molecule has 0 aromatic carbocycles. The maximum atomic E-state index is 13.2. The van der Waals surface area contributed by atoms with Crippen LogP contribution in [0.3, 0.4) is 0 Å². The Morgan fingerprint density at radius 3 is 2.55 bits per heavy atom. The van der Waals surface area contributed by atoms with E-state index in [-0.39, 0.29) is 29.0 Å². The highest BCUT2D eigenvalue weighted by Crippen LogP contribution is 2.40. The molecule has 2 fully saturated rings. The topological polar surface area (TPSA) is 126 Å². The molecule has 3 aliphatic rings. The maximum absolute atomic E-state index is 13.2. The van der Waals surface area contributed by atoms with Crippen LogP contribution in [-0.4, -0.2) is 71.7 Å². The fourth-order valence-corrected chi connectivity index (χ4v) is 5.09. The van der Waals surface area contributed by atoms with Crippen molar-refractivity contribution in [1.29, 1.82) is 0 Å². The second kappa shape index (κ2) is 9.85. The van der Waals surface area contributed by atoms with Crippen molar-refractivity contribution in [3.05, 3.63) is 35.3 Å². The third-order valence-corrected chi connectivity index (χ3v) is 7.16. The quantitative estimate of drug-likeness (QED) is 0.607. The van der Waals surface area contributed by atoms with Gasteiger partial charge in [0.1, 0.15) is 29.1 Å². The van der Waals surface area contributed by atoms with Crippen LogP contribution < -0.4 is 20.3 Å². The van der Waals surface area contributed by atoms with Gasteiger partial charge in [-0.1, -0.05) is 0 Å². The van der Waals surface area contributed by atoms with Crippen LogP contribution in [0.25, 0.3) is 0 Å². The predicted octanol–water partition coefficient (Wildman–Crippen LogP) is 3.59. The minimum Gasteiger partial charge on any atom is -0.476 e. The summed E-state index contributed by atoms with van der Waals surface area (Å²) in [6.45, 7) is 9.93. The van der Waals surface area contributed by atoms with Crippen LogP contribution >= 0.6 is 0 Å². The first-order chi connectivity index (χ1) is 18.1. The van der Waals surface area contributed by atoms with Crippen molar-refractivity contribution in [2.45, 2.75) is 64.5 Å². The van der Waals surface area contributed by atoms with Gasteiger partial charge in [0, 0.05) is 38.1 Å². The highest BCUT2D eigenvalue weighted by atomic mass is 16.6. The van der Waals surface area contributed by atoms with Crippen molar-refractivity contribution in [3.8, 4) is 5.88 Å². The Labute approximate surface area is 221 Å². The SMILES string of the molecule is CCOc1nc(N2CCN(C(=O)OC(C)(C)C)CC2)ccc1NC(=O)c1coc2c1C(=O)NC1(CCC1)C2. The molecule has 2 N–H and O–H groups in total. The van der Waals surface area contributed by atoms with E-state index in [1.54, 1.807) is 17.0 Å². The van der Waals surface area contributed by atoms with Gasteiger partial charge in [-0.25, -0.2) is 4.79 Å². The molecule has 0 atom stereocenters. The third kappa shape index (κ3) is 5.14. The summed E-state index contributed by atoms with van der Waals surface area (Å²) in [7, 11) is 0. The van der Waals surface area contributed by atoms with E-state index in [4.69, 9.17) is 13.9 Å². The van der Waals surface area contributed by atoms with Crippen molar-refractivity contribution in [2.24, 2.45) is 0 Å². The molecule has 2 aromatic rings. The molecular weight excluding hydrogens is 490 g/mol. The average molecular weight is 526 g/mol. The van der Waals surface area contributed by atoms with E-state index >= 15 is 0 Å². The molecule has 2 aliphatic heterocycles. The summed E-state index contributed by atoms with van der Waals surface area (Å²) in [4.78, 5) is 46.8. The zero-order valence-corrected chi connectivity index (χ0v) is 22.4. The van der Waals surface area contributed by atoms with E-state index in [1.165, 1.54) is 6.26 Å². The number of anilines is 2. The second-order valence-electron chi connectivity index (χ2n) is 11.1. The predicted molar refractivity (Wildman–Crippen MR) is 140 cm³/mol. The lowest BCUT2D eigenvalue weighted by molar-refractivity contribution is 0.0240. The Balaban J connectivity index is 1.27. The number of nitrogens with one attached hydrogen (secondary N) is 2. The molecule has 2 aromatic heterocycles. The number of amides is 3. The van der Waals surface area contributed by atoms with E-state index in [2.05, 4.69) is 20.5 Å². The highest BCUT2D eigenvalue weighted by Gasteiger charge is 2.45. The van der Waals surface area contributed by atoms with Gasteiger partial charge in [-0.15, -0.1) is 0 Å². The minimum absolute atomic E-state index is 0.191. The summed E-state index contributed by atoms with van der Waals surface area (Å²) >= 11 is 0. The summed E-state index contributed by atoms with van der Waals surface area (Å²) in [6.07, 6.45) is 4.55. The number of hydrogen-bond acceptors (Lipinski definition) is 8. The molecule has 38 heavy (non-hydrogen) atoms. The Bertz CT molecular complexity index is 1240. The van der Waals surface area contributed by atoms with Gasteiger partial charge in [-0.2, -0.15) is 4.98 Å². The van der Waals surface area contributed by atoms with Gasteiger partial charge in [-0.3, -0.25) is 9.59 Å². The van der Waals surface area contributed by atoms with E-state index in [0.717, 1.165) is 19.3 Å². The molecule has 1 saturated heterocycles. The molecule has 0 bridgehead atoms. The van der Waals surface area contributed by atoms with Crippen molar-refractivity contribution in [1.82, 2.24) is 15.2 Å². The summed E-state index contributed by atoms with van der Waals surface area (Å²) in [5.74, 6) is 0.789. The first-order valence-electron chi connectivity index (χ1n) is 13.2. The van der Waals surface area contributed by atoms with Crippen LogP contribution in [0.2, 0.25) is 0 Å². The molecule has 11 nitrogen and oxygen atoms in total. The molecule has 1 spiro atoms. The van der Waals surface area contributed by atoms with Gasteiger partial charge in [0.2, 0.25) is 5.88 Å². The highest BCUT2D eigenvalue weighted by molar-refractivity contribution is 6.13. The van der Waals surface area contributed by atoms with E-state index < -0.39 is 11.5 Å². The number of carbonyl (C=O) groups excluding carboxylic acids is 3. The monoisotopic (exact) mass is 525 g/mol. The smallest absolute Gasteiger partial charge is 0.410 e. The fraction of sp³-hybridized carbons (Fsp3) is 0.556. The Morgan fingerprint density at radius 1 is 1.18 bits per heavy atom. The van der Waals surface area contributed by atoms with Crippen LogP contribution in [0.4, 0.5) is 16.3 Å². The largest absolute Gasteiger partial charge is 0.476 e. The number of pyridine rings is 1. The second-order valence-corrected chi connectivity index (χ2v) is 11.1. The van der Waals surface area contributed by atoms with Gasteiger partial charge in [-0.05, 0) is 59.1 Å². The zero-order valence-electron chi connectivity index (χ0n) is 22.4. The molecule has 1 aliphatic carbocycles. The molecule has 0 radical (unpaired) electrons. The normalized spacial score (nSPS) is 18.4. The summed E-state index contributed by atoms with van der Waals surface area (Å²) in [5, 5.41) is 5.91. The number of aromatic nitrogens is 1. The standard InChI is InChI=1S/C27H35N5O6/c1-5-36-24-18(7-8-20(29-24)31-11-13-32(14-12-31)25(35)38-26(2,3)4)28-22(33)17-16-37-19-15-27(9-6-10-27)30-23(34)21(17)19/h7-8,16H,5-6,9-15H2,1-4H3,(H,28,33)(H,30,34). The maximum Gasteiger partial charge on any atom is 0.410 e. The third-order valence-electron chi connectivity index (χ3n) is 7.16. The molecule has 204 valence electrons. The number of carbonyl (C=O) groups is 3. The molecular formula is C27H35N5O6. The van der Waals surface area contributed by atoms with Gasteiger partial charge >= 0.3 is 6.09 Å². The lowest BCUT2D eigenvalue weighted by Crippen LogP contribution is -2.57. The number of rotatable bonds is 5. The molecule has 1 saturated carbocycles. The van der Waals surface area contributed by atoms with Crippen molar-refractivity contribution in [3.63, 3.8) is 0 Å². The minimum atomic E-state index is -0.541. The average Bonchev–Trinajstić information content (AvgIpc) is 3.28. The van der Waals surface area contributed by atoms with Gasteiger partial charge in [0.15, 0.2) is 0 Å². The van der Waals surface area contributed by atoms with Crippen molar-refractivity contribution < 1.29 is 28.3 Å². The van der Waals surface area contributed by atoms with Crippen molar-refractivity contribution in [2.75, 3.05) is 43.0 Å². The lowest BCUT2D eigenvalue weighted by Gasteiger charge is -2.44. The first kappa shape index (κ1) is 25.9. The number of hydrogen-bond donors (Lipinski definition) is 2. The molecule has 4 heterocycles. The number of nitrogens with zero attached hydrogens (tertiary/aromatic N) is 3. The number of fused-ring (bicyclic) bond motifs is 1. The number of furan rings is 1. The van der Waals surface area contributed by atoms with Crippen LogP contribution in [0.5, 0.6) is 5.88 Å². The van der Waals surface area contributed by atoms with E-state index in [0.29, 0.717) is 62.0 Å². The van der Waals surface area contributed by atoms with Crippen LogP contribution in [0.15, 0.2) is 22.8 Å². The van der Waals surface area contributed by atoms with Crippen LogP contribution in [0, 0.1) is 0 Å². The summed E-state index contributed by atoms with van der Waals surface area (Å²) in [5.41, 5.74) is 0.118. The fourth-order valence-electron chi connectivity index (χ4n) is 5.09. The van der Waals surface area contributed by atoms with E-state index in [9.17, 15) is 14.4 Å². The summed E-state index contributed by atoms with van der Waals surface area (Å²) < 4.78 is 16.9. The number of piperazine rings is 1. The number of ether oxygens (including phenoxy) is 2. The van der Waals surface area contributed by atoms with Gasteiger partial charge < -0.3 is 34.3 Å². The molecule has 3 amide bonds. The Kier molecular flexibility index (Phi) is 6.70. The lowest BCUT2D eigenvalue weighted by atomic mass is 9.71. The van der Waals surface area contributed by atoms with Crippen molar-refractivity contribution >= 4 is 29.4 Å². The van der Waals surface area contributed by atoms with Gasteiger partial charge in [0.25, 0.3) is 11.8 Å². The molecule has 0 unspecified atom stereocenters. The van der Waals surface area contributed by atoms with Gasteiger partial charge in [0.05, 0.1) is 17.7 Å². The van der Waals surface area contributed by atoms with E-state index in [1.807, 2.05) is 27.7 Å². The summed E-state index contributed by atoms with van der Waals surface area (Å²) in [6, 6.07) is 3.54. The Hall–Kier alpha value is -3.76.